The lowest BCUT2D eigenvalue weighted by Crippen LogP contribution is -2.38. The molecule has 5 nitrogen and oxygen atoms in total. The van der Waals surface area contributed by atoms with Crippen LogP contribution in [0, 0.1) is 13.8 Å². The number of hydrogen-bond acceptors (Lipinski definition) is 3. The van der Waals surface area contributed by atoms with Crippen LogP contribution >= 0.6 is 0 Å². The molecule has 0 bridgehead atoms. The summed E-state index contributed by atoms with van der Waals surface area (Å²) in [6, 6.07) is 15.9. The highest BCUT2D eigenvalue weighted by molar-refractivity contribution is 7.89. The minimum absolute atomic E-state index is 0.0317. The average Bonchev–Trinajstić information content (AvgIpc) is 3.17. The van der Waals surface area contributed by atoms with Gasteiger partial charge in [0.1, 0.15) is 0 Å². The van der Waals surface area contributed by atoms with E-state index in [0.29, 0.717) is 5.56 Å². The van der Waals surface area contributed by atoms with Crippen molar-refractivity contribution in [2.24, 2.45) is 0 Å². The molecule has 1 heterocycles. The number of carbonyl (C=O) groups is 1. The normalized spacial score (nSPS) is 16.9. The highest BCUT2D eigenvalue weighted by atomic mass is 32.2. The zero-order valence-electron chi connectivity index (χ0n) is 17.2. The number of nitrogens with zero attached hydrogens (tertiary/aromatic N) is 1. The lowest BCUT2D eigenvalue weighted by atomic mass is 10.0. The van der Waals surface area contributed by atoms with Crippen LogP contribution in [0.2, 0.25) is 0 Å². The quantitative estimate of drug-likeness (QED) is 0.718. The summed E-state index contributed by atoms with van der Waals surface area (Å²) in [6.45, 7) is 4.53. The Balaban J connectivity index is 1.52. The summed E-state index contributed by atoms with van der Waals surface area (Å²) in [7, 11) is -3.61. The van der Waals surface area contributed by atoms with Gasteiger partial charge in [-0.25, -0.2) is 13.1 Å². The van der Waals surface area contributed by atoms with E-state index in [4.69, 9.17) is 0 Å². The molecule has 1 aliphatic heterocycles. The number of carbonyl (C=O) groups excluding carboxylic acids is 1. The summed E-state index contributed by atoms with van der Waals surface area (Å²) in [5.41, 5.74) is 2.88. The van der Waals surface area contributed by atoms with Gasteiger partial charge in [0.2, 0.25) is 15.9 Å². The van der Waals surface area contributed by atoms with E-state index in [9.17, 15) is 13.2 Å². The third-order valence-corrected chi connectivity index (χ3v) is 7.17. The Morgan fingerprint density at radius 2 is 1.90 bits per heavy atom. The summed E-state index contributed by atoms with van der Waals surface area (Å²) >= 11 is 0. The summed E-state index contributed by atoms with van der Waals surface area (Å²) in [5.74, 6) is 0.0317. The van der Waals surface area contributed by atoms with E-state index < -0.39 is 10.0 Å². The van der Waals surface area contributed by atoms with Crippen LogP contribution in [0.4, 0.5) is 0 Å². The monoisotopic (exact) mass is 414 g/mol. The largest absolute Gasteiger partial charge is 0.340 e. The molecule has 29 heavy (non-hydrogen) atoms. The Morgan fingerprint density at radius 3 is 2.66 bits per heavy atom. The first-order valence-electron chi connectivity index (χ1n) is 10.3. The highest BCUT2D eigenvalue weighted by Gasteiger charge is 2.28. The molecule has 1 atom stereocenters. The van der Waals surface area contributed by atoms with Crippen molar-refractivity contribution >= 4 is 15.9 Å². The van der Waals surface area contributed by atoms with E-state index >= 15 is 0 Å². The maximum atomic E-state index is 12.7. The molecule has 6 heteroatoms. The van der Waals surface area contributed by atoms with E-state index in [1.165, 1.54) is 5.56 Å². The van der Waals surface area contributed by atoms with Gasteiger partial charge in [-0.3, -0.25) is 4.79 Å². The maximum absolute atomic E-state index is 12.7. The first-order chi connectivity index (χ1) is 13.9. The van der Waals surface area contributed by atoms with Crippen molar-refractivity contribution < 1.29 is 13.2 Å². The number of nitrogens with one attached hydrogen (secondary N) is 1. The van der Waals surface area contributed by atoms with Gasteiger partial charge < -0.3 is 4.90 Å². The van der Waals surface area contributed by atoms with Crippen molar-refractivity contribution in [2.45, 2.75) is 56.9 Å². The summed E-state index contributed by atoms with van der Waals surface area (Å²) in [6.07, 6.45) is 4.12. The van der Waals surface area contributed by atoms with Crippen LogP contribution in [0.3, 0.4) is 0 Å². The predicted molar refractivity (Wildman–Crippen MR) is 115 cm³/mol. The first kappa shape index (κ1) is 21.5. The standard InChI is InChI=1S/C23H30N2O3S/c1-18-10-11-19(2)22(17-18)29(27,28)24-15-14-23(26)25-16-6-9-21(25)13-12-20-7-4-3-5-8-20/h3-5,7-8,10-11,17,21,24H,6,9,12-16H2,1-2H3. The van der Waals surface area contributed by atoms with Crippen LogP contribution < -0.4 is 4.72 Å². The molecule has 0 aromatic heterocycles. The van der Waals surface area contributed by atoms with E-state index in [0.717, 1.165) is 37.8 Å². The number of hydrogen-bond donors (Lipinski definition) is 1. The molecule has 0 saturated carbocycles. The van der Waals surface area contributed by atoms with Crippen LogP contribution in [0.5, 0.6) is 0 Å². The van der Waals surface area contributed by atoms with Crippen LogP contribution in [0.1, 0.15) is 42.4 Å². The van der Waals surface area contributed by atoms with E-state index in [2.05, 4.69) is 16.9 Å². The van der Waals surface area contributed by atoms with Gasteiger partial charge >= 0.3 is 0 Å². The Labute approximate surface area is 174 Å². The fourth-order valence-corrected chi connectivity index (χ4v) is 5.31. The number of aryl methyl sites for hydroxylation is 3. The van der Waals surface area contributed by atoms with Crippen LogP contribution in [-0.4, -0.2) is 38.4 Å². The zero-order valence-corrected chi connectivity index (χ0v) is 18.0. The van der Waals surface area contributed by atoms with E-state index in [1.54, 1.807) is 19.1 Å². The molecule has 1 N–H and O–H groups in total. The van der Waals surface area contributed by atoms with E-state index in [-0.39, 0.29) is 29.8 Å². The molecule has 1 amide bonds. The molecule has 1 fully saturated rings. The van der Waals surface area contributed by atoms with Crippen LogP contribution in [0.15, 0.2) is 53.4 Å². The second-order valence-corrected chi connectivity index (χ2v) is 9.56. The fourth-order valence-electron chi connectivity index (χ4n) is 3.95. The van der Waals surface area contributed by atoms with Crippen molar-refractivity contribution in [3.8, 4) is 0 Å². The zero-order chi connectivity index (χ0) is 20.9. The van der Waals surface area contributed by atoms with Crippen molar-refractivity contribution in [1.29, 1.82) is 0 Å². The molecule has 2 aromatic carbocycles. The third kappa shape index (κ3) is 5.67. The van der Waals surface area contributed by atoms with E-state index in [1.807, 2.05) is 36.1 Å². The van der Waals surface area contributed by atoms with Gasteiger partial charge in [0, 0.05) is 25.6 Å². The van der Waals surface area contributed by atoms with Crippen molar-refractivity contribution in [3.63, 3.8) is 0 Å². The van der Waals surface area contributed by atoms with Crippen LogP contribution in [-0.2, 0) is 21.2 Å². The molecule has 1 unspecified atom stereocenters. The molecule has 1 saturated heterocycles. The molecule has 2 aromatic rings. The molecule has 0 radical (unpaired) electrons. The van der Waals surface area contributed by atoms with Gasteiger partial charge in [-0.15, -0.1) is 0 Å². The smallest absolute Gasteiger partial charge is 0.240 e. The lowest BCUT2D eigenvalue weighted by Gasteiger charge is -2.25. The predicted octanol–water partition coefficient (Wildman–Crippen LogP) is 3.60. The number of benzene rings is 2. The molecular weight excluding hydrogens is 384 g/mol. The summed E-state index contributed by atoms with van der Waals surface area (Å²) in [4.78, 5) is 14.9. The molecule has 3 rings (SSSR count). The molecule has 0 spiro atoms. The Morgan fingerprint density at radius 1 is 1.14 bits per heavy atom. The third-order valence-electron chi connectivity index (χ3n) is 5.57. The molecule has 1 aliphatic rings. The molecular formula is C23H30N2O3S. The molecule has 0 aliphatic carbocycles. The van der Waals surface area contributed by atoms with Crippen molar-refractivity contribution in [2.75, 3.05) is 13.1 Å². The Hall–Kier alpha value is -2.18. The van der Waals surface area contributed by atoms with Gasteiger partial charge in [-0.2, -0.15) is 0 Å². The number of likely N-dealkylation sites (tertiary alicyclic amines) is 1. The number of amides is 1. The highest BCUT2D eigenvalue weighted by Crippen LogP contribution is 2.23. The topological polar surface area (TPSA) is 66.5 Å². The first-order valence-corrected chi connectivity index (χ1v) is 11.8. The number of sulfonamides is 1. The van der Waals surface area contributed by atoms with Gasteiger partial charge in [0.25, 0.3) is 0 Å². The Bertz CT molecular complexity index is 942. The van der Waals surface area contributed by atoms with Gasteiger partial charge in [-0.05, 0) is 62.3 Å². The minimum atomic E-state index is -3.61. The SMILES string of the molecule is Cc1ccc(C)c(S(=O)(=O)NCCC(=O)N2CCCC2CCc2ccccc2)c1. The number of rotatable bonds is 8. The summed E-state index contributed by atoms with van der Waals surface area (Å²) in [5, 5.41) is 0. The second-order valence-electron chi connectivity index (χ2n) is 7.82. The minimum Gasteiger partial charge on any atom is -0.340 e. The maximum Gasteiger partial charge on any atom is 0.240 e. The average molecular weight is 415 g/mol. The lowest BCUT2D eigenvalue weighted by molar-refractivity contribution is -0.131. The van der Waals surface area contributed by atoms with Crippen molar-refractivity contribution in [1.82, 2.24) is 9.62 Å². The van der Waals surface area contributed by atoms with Crippen LogP contribution in [0.25, 0.3) is 0 Å². The fraction of sp³-hybridized carbons (Fsp3) is 0.435. The second kappa shape index (κ2) is 9.55. The summed E-state index contributed by atoms with van der Waals surface area (Å²) < 4.78 is 27.8. The Kier molecular flexibility index (Phi) is 7.09. The van der Waals surface area contributed by atoms with Gasteiger partial charge in [0.15, 0.2) is 0 Å². The van der Waals surface area contributed by atoms with Gasteiger partial charge in [0.05, 0.1) is 4.90 Å². The van der Waals surface area contributed by atoms with Gasteiger partial charge in [-0.1, -0.05) is 42.5 Å². The molecule has 156 valence electrons. The van der Waals surface area contributed by atoms with Crippen molar-refractivity contribution in [3.05, 3.63) is 65.2 Å².